The van der Waals surface area contributed by atoms with Crippen molar-refractivity contribution in [1.29, 1.82) is 0 Å². The molecule has 0 aliphatic carbocycles. The topological polar surface area (TPSA) is 67.4 Å². The van der Waals surface area contributed by atoms with Crippen molar-refractivity contribution in [2.45, 2.75) is 18.2 Å². The van der Waals surface area contributed by atoms with Crippen molar-refractivity contribution < 1.29 is 9.21 Å². The summed E-state index contributed by atoms with van der Waals surface area (Å²) in [5, 5.41) is 9.92. The summed E-state index contributed by atoms with van der Waals surface area (Å²) in [6.07, 6.45) is 3.38. The minimum absolute atomic E-state index is 0.111. The number of carbonyl (C=O) groups is 1. The number of allylic oxidation sites excluding steroid dienone is 1. The van der Waals surface area contributed by atoms with Gasteiger partial charge in [-0.3, -0.25) is 14.3 Å². The molecule has 1 aliphatic rings. The van der Waals surface area contributed by atoms with Gasteiger partial charge >= 0.3 is 0 Å². The van der Waals surface area contributed by atoms with Crippen LogP contribution in [0.4, 0.5) is 0 Å². The van der Waals surface area contributed by atoms with Crippen molar-refractivity contribution in [1.82, 2.24) is 24.6 Å². The number of nitrogens with zero attached hydrogens (tertiary/aromatic N) is 5. The average molecular weight is 458 g/mol. The maximum Gasteiger partial charge on any atom is 0.233 e. The molecule has 0 radical (unpaired) electrons. The Morgan fingerprint density at radius 2 is 2.03 bits per heavy atom. The number of piperazine rings is 1. The van der Waals surface area contributed by atoms with Gasteiger partial charge in [-0.05, 0) is 29.8 Å². The minimum Gasteiger partial charge on any atom is -0.461 e. The number of amides is 1. The molecule has 1 saturated heterocycles. The predicted molar refractivity (Wildman–Crippen MR) is 122 cm³/mol. The van der Waals surface area contributed by atoms with Gasteiger partial charge in [-0.2, -0.15) is 0 Å². The SMILES string of the molecule is C=CCn1c(SCC(=O)N2CCN(Cc3cccc(Cl)c3)CC2)nnc1-c1ccco1. The van der Waals surface area contributed by atoms with E-state index in [1.165, 1.54) is 17.3 Å². The first-order valence-electron chi connectivity index (χ1n) is 10.1. The molecular formula is C22H24ClN5O2S. The number of carbonyl (C=O) groups excluding carboxylic acids is 1. The zero-order valence-electron chi connectivity index (χ0n) is 17.1. The summed E-state index contributed by atoms with van der Waals surface area (Å²) in [7, 11) is 0. The fourth-order valence-electron chi connectivity index (χ4n) is 3.54. The molecule has 0 unspecified atom stereocenters. The molecule has 3 heterocycles. The van der Waals surface area contributed by atoms with Gasteiger partial charge in [-0.15, -0.1) is 16.8 Å². The van der Waals surface area contributed by atoms with Crippen LogP contribution in [0.3, 0.4) is 0 Å². The molecule has 1 aliphatic heterocycles. The van der Waals surface area contributed by atoms with E-state index in [1.54, 1.807) is 12.3 Å². The molecule has 162 valence electrons. The summed E-state index contributed by atoms with van der Waals surface area (Å²) >= 11 is 7.47. The van der Waals surface area contributed by atoms with Crippen LogP contribution in [-0.4, -0.2) is 62.4 Å². The van der Waals surface area contributed by atoms with E-state index in [2.05, 4.69) is 27.7 Å². The lowest BCUT2D eigenvalue weighted by molar-refractivity contribution is -0.130. The first-order valence-corrected chi connectivity index (χ1v) is 11.5. The average Bonchev–Trinajstić information content (AvgIpc) is 3.43. The second kappa shape index (κ2) is 10.2. The second-order valence-corrected chi connectivity index (χ2v) is 8.64. The van der Waals surface area contributed by atoms with E-state index in [0.29, 0.717) is 29.0 Å². The van der Waals surface area contributed by atoms with Crippen molar-refractivity contribution in [3.63, 3.8) is 0 Å². The largest absolute Gasteiger partial charge is 0.461 e. The normalized spacial score (nSPS) is 14.7. The van der Waals surface area contributed by atoms with Gasteiger partial charge in [0.05, 0.1) is 12.0 Å². The minimum atomic E-state index is 0.111. The van der Waals surface area contributed by atoms with E-state index >= 15 is 0 Å². The maximum absolute atomic E-state index is 12.8. The van der Waals surface area contributed by atoms with Crippen LogP contribution in [-0.2, 0) is 17.9 Å². The van der Waals surface area contributed by atoms with E-state index in [1.807, 2.05) is 39.8 Å². The number of furan rings is 1. The number of thioether (sulfide) groups is 1. The van der Waals surface area contributed by atoms with Crippen molar-refractivity contribution in [2.24, 2.45) is 0 Å². The quantitative estimate of drug-likeness (QED) is 0.378. The molecule has 7 nitrogen and oxygen atoms in total. The smallest absolute Gasteiger partial charge is 0.233 e. The number of halogens is 1. The third kappa shape index (κ3) is 5.39. The Balaban J connectivity index is 1.30. The molecule has 1 aromatic carbocycles. The molecule has 2 aromatic heterocycles. The van der Waals surface area contributed by atoms with E-state index < -0.39 is 0 Å². The molecular weight excluding hydrogens is 434 g/mol. The maximum atomic E-state index is 12.8. The van der Waals surface area contributed by atoms with E-state index in [-0.39, 0.29) is 5.91 Å². The third-order valence-electron chi connectivity index (χ3n) is 5.12. The van der Waals surface area contributed by atoms with E-state index in [4.69, 9.17) is 16.0 Å². The summed E-state index contributed by atoms with van der Waals surface area (Å²) in [6.45, 7) is 8.32. The third-order valence-corrected chi connectivity index (χ3v) is 6.30. The van der Waals surface area contributed by atoms with Crippen LogP contribution in [0.15, 0.2) is 64.9 Å². The highest BCUT2D eigenvalue weighted by Crippen LogP contribution is 2.25. The fourth-order valence-corrected chi connectivity index (χ4v) is 4.61. The molecule has 0 spiro atoms. The molecule has 0 N–H and O–H groups in total. The Bertz CT molecular complexity index is 1030. The highest BCUT2D eigenvalue weighted by atomic mass is 35.5. The molecule has 31 heavy (non-hydrogen) atoms. The summed E-state index contributed by atoms with van der Waals surface area (Å²) < 4.78 is 7.36. The highest BCUT2D eigenvalue weighted by molar-refractivity contribution is 7.99. The lowest BCUT2D eigenvalue weighted by Crippen LogP contribution is -2.48. The lowest BCUT2D eigenvalue weighted by Gasteiger charge is -2.34. The Morgan fingerprint density at radius 1 is 1.19 bits per heavy atom. The van der Waals surface area contributed by atoms with Gasteiger partial charge in [0.25, 0.3) is 0 Å². The molecule has 1 amide bonds. The van der Waals surface area contributed by atoms with E-state index in [9.17, 15) is 4.79 Å². The van der Waals surface area contributed by atoms with Gasteiger partial charge in [-0.25, -0.2) is 0 Å². The summed E-state index contributed by atoms with van der Waals surface area (Å²) in [6, 6.07) is 11.6. The Labute approximate surface area is 190 Å². The molecule has 0 bridgehead atoms. The van der Waals surface area contributed by atoms with Gasteiger partial charge in [0.2, 0.25) is 11.7 Å². The Hall–Kier alpha value is -2.55. The first kappa shape index (κ1) is 21.7. The summed E-state index contributed by atoms with van der Waals surface area (Å²) in [4.78, 5) is 17.0. The number of aromatic nitrogens is 3. The highest BCUT2D eigenvalue weighted by Gasteiger charge is 2.23. The molecule has 1 fully saturated rings. The van der Waals surface area contributed by atoms with Gasteiger partial charge < -0.3 is 9.32 Å². The zero-order valence-corrected chi connectivity index (χ0v) is 18.7. The predicted octanol–water partition coefficient (Wildman–Crippen LogP) is 3.81. The van der Waals surface area contributed by atoms with Crippen LogP contribution >= 0.6 is 23.4 Å². The number of rotatable bonds is 8. The Morgan fingerprint density at radius 3 is 2.74 bits per heavy atom. The molecule has 0 saturated carbocycles. The van der Waals surface area contributed by atoms with Crippen LogP contribution in [0.1, 0.15) is 5.56 Å². The van der Waals surface area contributed by atoms with Crippen molar-refractivity contribution in [3.05, 3.63) is 65.9 Å². The Kier molecular flexibility index (Phi) is 7.11. The van der Waals surface area contributed by atoms with Crippen molar-refractivity contribution in [2.75, 3.05) is 31.9 Å². The monoisotopic (exact) mass is 457 g/mol. The zero-order chi connectivity index (χ0) is 21.6. The van der Waals surface area contributed by atoms with Gasteiger partial charge in [-0.1, -0.05) is 41.6 Å². The van der Waals surface area contributed by atoms with Gasteiger partial charge in [0.1, 0.15) is 0 Å². The van der Waals surface area contributed by atoms with Crippen LogP contribution < -0.4 is 0 Å². The number of benzene rings is 1. The first-order chi connectivity index (χ1) is 15.1. The van der Waals surface area contributed by atoms with Crippen molar-refractivity contribution in [3.8, 4) is 11.6 Å². The molecule has 9 heteroatoms. The number of hydrogen-bond donors (Lipinski definition) is 0. The van der Waals surface area contributed by atoms with Crippen LogP contribution in [0.5, 0.6) is 0 Å². The van der Waals surface area contributed by atoms with Crippen LogP contribution in [0, 0.1) is 0 Å². The molecule has 3 aromatic rings. The van der Waals surface area contributed by atoms with E-state index in [0.717, 1.165) is 37.7 Å². The van der Waals surface area contributed by atoms with Crippen LogP contribution in [0.25, 0.3) is 11.6 Å². The fraction of sp³-hybridized carbons (Fsp3) is 0.318. The van der Waals surface area contributed by atoms with Gasteiger partial charge in [0, 0.05) is 44.3 Å². The van der Waals surface area contributed by atoms with Crippen LogP contribution in [0.2, 0.25) is 5.02 Å². The lowest BCUT2D eigenvalue weighted by atomic mass is 10.2. The summed E-state index contributed by atoms with van der Waals surface area (Å²) in [5.74, 6) is 1.71. The standard InChI is InChI=1S/C22H24ClN5O2S/c1-2-8-28-21(19-7-4-13-30-19)24-25-22(28)31-16-20(29)27-11-9-26(10-12-27)15-17-5-3-6-18(23)14-17/h2-7,13-14H,1,8-12,15-16H2. The number of hydrogen-bond acceptors (Lipinski definition) is 6. The van der Waals surface area contributed by atoms with Gasteiger partial charge in [0.15, 0.2) is 10.9 Å². The second-order valence-electron chi connectivity index (χ2n) is 7.26. The van der Waals surface area contributed by atoms with Crippen molar-refractivity contribution >= 4 is 29.3 Å². The summed E-state index contributed by atoms with van der Waals surface area (Å²) in [5.41, 5.74) is 1.19. The molecule has 0 atom stereocenters. The molecule has 4 rings (SSSR count).